The molecule has 3 amide bonds. The molecule has 0 saturated carbocycles. The Bertz CT molecular complexity index is 817. The standard InChI is InChI=1S/C15H15N3O8/c1-24-11-6-12(25-2)10(18(22)23)5-8(11)4-9-14(20)17(15(21)16-9)7-13(19)26-3/h4-6H,7H2,1-3H3,(H,16,21)/b9-4+. The largest absolute Gasteiger partial charge is 0.496 e. The fourth-order valence-corrected chi connectivity index (χ4v) is 2.23. The minimum absolute atomic E-state index is 0.0249. The van der Waals surface area contributed by atoms with Crippen LogP contribution in [0, 0.1) is 10.1 Å². The number of carbonyl (C=O) groups excluding carboxylic acids is 3. The highest BCUT2D eigenvalue weighted by Crippen LogP contribution is 2.35. The summed E-state index contributed by atoms with van der Waals surface area (Å²) >= 11 is 0. The van der Waals surface area contributed by atoms with Gasteiger partial charge in [-0.2, -0.15) is 0 Å². The van der Waals surface area contributed by atoms with E-state index in [1.54, 1.807) is 0 Å². The topological polar surface area (TPSA) is 137 Å². The Kier molecular flexibility index (Phi) is 5.40. The van der Waals surface area contributed by atoms with Crippen molar-refractivity contribution in [3.63, 3.8) is 0 Å². The summed E-state index contributed by atoms with van der Waals surface area (Å²) in [4.78, 5) is 46.6. The Hall–Kier alpha value is -3.63. The predicted octanol–water partition coefficient (Wildman–Crippen LogP) is 0.678. The van der Waals surface area contributed by atoms with Gasteiger partial charge in [-0.3, -0.25) is 19.7 Å². The average Bonchev–Trinajstić information content (AvgIpc) is 2.88. The molecule has 1 N–H and O–H groups in total. The lowest BCUT2D eigenvalue weighted by molar-refractivity contribution is -0.385. The molecule has 1 aromatic rings. The second-order valence-electron chi connectivity index (χ2n) is 4.98. The van der Waals surface area contributed by atoms with Gasteiger partial charge in [0.2, 0.25) is 5.75 Å². The van der Waals surface area contributed by atoms with E-state index in [9.17, 15) is 24.5 Å². The molecule has 26 heavy (non-hydrogen) atoms. The lowest BCUT2D eigenvalue weighted by atomic mass is 10.1. The van der Waals surface area contributed by atoms with Crippen molar-refractivity contribution in [2.45, 2.75) is 0 Å². The Balaban J connectivity index is 2.44. The lowest BCUT2D eigenvalue weighted by Crippen LogP contribution is -2.36. The van der Waals surface area contributed by atoms with Crippen molar-refractivity contribution < 1.29 is 33.5 Å². The highest BCUT2D eigenvalue weighted by atomic mass is 16.6. The van der Waals surface area contributed by atoms with Crippen molar-refractivity contribution in [1.29, 1.82) is 0 Å². The summed E-state index contributed by atoms with van der Waals surface area (Å²) in [6, 6.07) is 1.62. The second-order valence-corrected chi connectivity index (χ2v) is 4.98. The highest BCUT2D eigenvalue weighted by Gasteiger charge is 2.35. The molecule has 1 heterocycles. The molecule has 1 aromatic carbocycles. The fraction of sp³-hybridized carbons (Fsp3) is 0.267. The molecule has 0 atom stereocenters. The number of carbonyl (C=O) groups is 3. The molecule has 1 aliphatic rings. The van der Waals surface area contributed by atoms with Crippen molar-refractivity contribution in [1.82, 2.24) is 10.2 Å². The number of hydrogen-bond acceptors (Lipinski definition) is 8. The minimum Gasteiger partial charge on any atom is -0.496 e. The summed E-state index contributed by atoms with van der Waals surface area (Å²) < 4.78 is 14.5. The summed E-state index contributed by atoms with van der Waals surface area (Å²) in [5, 5.41) is 13.5. The Morgan fingerprint density at radius 1 is 1.23 bits per heavy atom. The summed E-state index contributed by atoms with van der Waals surface area (Å²) in [6.45, 7) is -0.557. The van der Waals surface area contributed by atoms with Gasteiger partial charge < -0.3 is 19.5 Å². The van der Waals surface area contributed by atoms with E-state index in [-0.39, 0.29) is 28.4 Å². The van der Waals surface area contributed by atoms with Crippen LogP contribution in [0.4, 0.5) is 10.5 Å². The Morgan fingerprint density at radius 3 is 2.42 bits per heavy atom. The molecule has 0 radical (unpaired) electrons. The van der Waals surface area contributed by atoms with Gasteiger partial charge in [-0.05, 0) is 6.08 Å². The molecular formula is C15H15N3O8. The SMILES string of the molecule is COC(=O)CN1C(=O)N/C(=C/c2cc([N+](=O)[O-])c(OC)cc2OC)C1=O. The minimum atomic E-state index is -0.811. The molecule has 0 aliphatic carbocycles. The van der Waals surface area contributed by atoms with Crippen LogP contribution in [0.5, 0.6) is 11.5 Å². The molecule has 0 unspecified atom stereocenters. The van der Waals surface area contributed by atoms with E-state index < -0.39 is 29.4 Å². The number of amides is 3. The van der Waals surface area contributed by atoms with Gasteiger partial charge in [-0.25, -0.2) is 9.69 Å². The van der Waals surface area contributed by atoms with Crippen LogP contribution in [0.15, 0.2) is 17.8 Å². The van der Waals surface area contributed by atoms with E-state index in [0.717, 1.165) is 13.2 Å². The highest BCUT2D eigenvalue weighted by molar-refractivity contribution is 6.15. The van der Waals surface area contributed by atoms with Crippen LogP contribution in [-0.2, 0) is 14.3 Å². The number of nitrogens with one attached hydrogen (secondary N) is 1. The normalized spacial score (nSPS) is 15.0. The number of methoxy groups -OCH3 is 3. The fourth-order valence-electron chi connectivity index (χ4n) is 2.23. The van der Waals surface area contributed by atoms with Gasteiger partial charge in [-0.15, -0.1) is 0 Å². The first-order valence-corrected chi connectivity index (χ1v) is 7.14. The number of hydrogen-bond donors (Lipinski definition) is 1. The first-order chi connectivity index (χ1) is 12.3. The van der Waals surface area contributed by atoms with E-state index in [0.29, 0.717) is 4.90 Å². The third kappa shape index (κ3) is 3.55. The number of ether oxygens (including phenoxy) is 3. The number of urea groups is 1. The number of nitro benzene ring substituents is 1. The van der Waals surface area contributed by atoms with Crippen LogP contribution in [0.2, 0.25) is 0 Å². The summed E-state index contributed by atoms with van der Waals surface area (Å²) in [5.41, 5.74) is -0.344. The zero-order valence-corrected chi connectivity index (χ0v) is 14.1. The zero-order chi connectivity index (χ0) is 19.4. The molecule has 138 valence electrons. The number of esters is 1. The van der Waals surface area contributed by atoms with E-state index in [2.05, 4.69) is 10.1 Å². The number of nitro groups is 1. The van der Waals surface area contributed by atoms with Crippen molar-refractivity contribution in [2.75, 3.05) is 27.9 Å². The first kappa shape index (κ1) is 18.7. The average molecular weight is 365 g/mol. The van der Waals surface area contributed by atoms with E-state index in [4.69, 9.17) is 9.47 Å². The number of imide groups is 1. The smallest absolute Gasteiger partial charge is 0.329 e. The van der Waals surface area contributed by atoms with Crippen LogP contribution in [0.3, 0.4) is 0 Å². The Morgan fingerprint density at radius 2 is 1.88 bits per heavy atom. The van der Waals surface area contributed by atoms with Gasteiger partial charge in [0.1, 0.15) is 18.0 Å². The van der Waals surface area contributed by atoms with Gasteiger partial charge in [0.05, 0.1) is 26.3 Å². The molecule has 0 aromatic heterocycles. The number of rotatable bonds is 6. The maximum Gasteiger partial charge on any atom is 0.329 e. The third-order valence-electron chi connectivity index (χ3n) is 3.50. The van der Waals surface area contributed by atoms with Crippen LogP contribution in [0.1, 0.15) is 5.56 Å². The van der Waals surface area contributed by atoms with Crippen molar-refractivity contribution in [3.05, 3.63) is 33.5 Å². The zero-order valence-electron chi connectivity index (χ0n) is 14.1. The van der Waals surface area contributed by atoms with Gasteiger partial charge >= 0.3 is 17.7 Å². The predicted molar refractivity (Wildman–Crippen MR) is 86.4 cm³/mol. The third-order valence-corrected chi connectivity index (χ3v) is 3.50. The van der Waals surface area contributed by atoms with Crippen molar-refractivity contribution in [2.24, 2.45) is 0 Å². The quantitative estimate of drug-likeness (QED) is 0.255. The van der Waals surface area contributed by atoms with Gasteiger partial charge in [0.25, 0.3) is 5.91 Å². The molecule has 0 bridgehead atoms. The van der Waals surface area contributed by atoms with Gasteiger partial charge in [-0.1, -0.05) is 0 Å². The molecular weight excluding hydrogens is 350 g/mol. The molecule has 1 fully saturated rings. The van der Waals surface area contributed by atoms with Crippen LogP contribution in [-0.4, -0.2) is 55.6 Å². The molecule has 11 nitrogen and oxygen atoms in total. The lowest BCUT2D eigenvalue weighted by Gasteiger charge is -2.10. The van der Waals surface area contributed by atoms with Crippen LogP contribution >= 0.6 is 0 Å². The van der Waals surface area contributed by atoms with Gasteiger partial charge in [0, 0.05) is 17.7 Å². The second kappa shape index (κ2) is 7.51. The monoisotopic (exact) mass is 365 g/mol. The van der Waals surface area contributed by atoms with E-state index in [1.807, 2.05) is 0 Å². The molecule has 2 rings (SSSR count). The molecule has 1 aliphatic heterocycles. The van der Waals surface area contributed by atoms with E-state index in [1.165, 1.54) is 26.4 Å². The molecule has 0 spiro atoms. The van der Waals surface area contributed by atoms with E-state index >= 15 is 0 Å². The molecule has 1 saturated heterocycles. The summed E-state index contributed by atoms with van der Waals surface area (Å²) in [6.07, 6.45) is 1.21. The van der Waals surface area contributed by atoms with Crippen molar-refractivity contribution in [3.8, 4) is 11.5 Å². The summed E-state index contributed by atoms with van der Waals surface area (Å²) in [5.74, 6) is -1.38. The maximum absolute atomic E-state index is 12.3. The number of nitrogens with zero attached hydrogens (tertiary/aromatic N) is 2. The maximum atomic E-state index is 12.3. The first-order valence-electron chi connectivity index (χ1n) is 7.14. The van der Waals surface area contributed by atoms with Crippen LogP contribution in [0.25, 0.3) is 6.08 Å². The summed E-state index contributed by atoms with van der Waals surface area (Å²) in [7, 11) is 3.73. The number of benzene rings is 1. The van der Waals surface area contributed by atoms with Crippen LogP contribution < -0.4 is 14.8 Å². The van der Waals surface area contributed by atoms with Gasteiger partial charge in [0.15, 0.2) is 0 Å². The molecule has 11 heteroatoms. The Labute approximate surface area is 147 Å². The van der Waals surface area contributed by atoms with Crippen molar-refractivity contribution >= 4 is 29.7 Å².